The van der Waals surface area contributed by atoms with Gasteiger partial charge in [-0.1, -0.05) is 99.1 Å². The highest BCUT2D eigenvalue weighted by Crippen LogP contribution is 2.34. The predicted octanol–water partition coefficient (Wildman–Crippen LogP) is 8.08. The quantitative estimate of drug-likeness (QED) is 0.189. The highest BCUT2D eigenvalue weighted by atomic mass is 32.1. The van der Waals surface area contributed by atoms with E-state index in [4.69, 9.17) is 4.74 Å². The van der Waals surface area contributed by atoms with Crippen LogP contribution in [0.2, 0.25) is 0 Å². The van der Waals surface area contributed by atoms with Crippen LogP contribution in [0.4, 0.5) is 0 Å². The Hall–Kier alpha value is -2.65. The summed E-state index contributed by atoms with van der Waals surface area (Å²) in [5, 5.41) is 0.629. The Balaban J connectivity index is 1.59. The molecular weight excluding hydrogens is 388 g/mol. The van der Waals surface area contributed by atoms with Crippen molar-refractivity contribution in [1.29, 1.82) is 0 Å². The molecule has 0 aliphatic heterocycles. The summed E-state index contributed by atoms with van der Waals surface area (Å²) in [6.45, 7) is 4.37. The molecule has 3 aromatic rings. The average Bonchev–Trinajstić information content (AvgIpc) is 3.23. The van der Waals surface area contributed by atoms with Crippen molar-refractivity contribution >= 4 is 17.3 Å². The van der Waals surface area contributed by atoms with Crippen molar-refractivity contribution in [2.24, 2.45) is 0 Å². The molecule has 30 heavy (non-hydrogen) atoms. The molecule has 3 rings (SSSR count). The Bertz CT molecular complexity index is 949. The van der Waals surface area contributed by atoms with Gasteiger partial charge in [-0.05, 0) is 53.6 Å². The van der Waals surface area contributed by atoms with Gasteiger partial charge in [0.2, 0.25) is 0 Å². The molecule has 2 aromatic carbocycles. The third-order valence-electron chi connectivity index (χ3n) is 5.01. The number of carbonyl (C=O) groups excluding carboxylic acids is 1. The number of hydrogen-bond donors (Lipinski definition) is 0. The van der Waals surface area contributed by atoms with E-state index in [1.54, 1.807) is 0 Å². The minimum atomic E-state index is -0.304. The zero-order chi connectivity index (χ0) is 21.2. The fraction of sp³-hybridized carbons (Fsp3) is 0.296. The van der Waals surface area contributed by atoms with E-state index < -0.39 is 0 Å². The van der Waals surface area contributed by atoms with Crippen molar-refractivity contribution in [1.82, 2.24) is 0 Å². The minimum absolute atomic E-state index is 0.304. The third kappa shape index (κ3) is 6.43. The Labute approximate surface area is 184 Å². The minimum Gasteiger partial charge on any atom is -0.412 e. The van der Waals surface area contributed by atoms with Gasteiger partial charge in [0, 0.05) is 11.0 Å². The molecule has 1 heterocycles. The Kier molecular flexibility index (Phi) is 8.46. The summed E-state index contributed by atoms with van der Waals surface area (Å²) in [5.41, 5.74) is 4.95. The fourth-order valence-electron chi connectivity index (χ4n) is 3.33. The maximum atomic E-state index is 12.0. The van der Waals surface area contributed by atoms with Gasteiger partial charge in [-0.15, -0.1) is 0 Å². The predicted molar refractivity (Wildman–Crippen MR) is 128 cm³/mol. The maximum Gasteiger partial charge on any atom is 0.336 e. The summed E-state index contributed by atoms with van der Waals surface area (Å²) < 4.78 is 5.44. The van der Waals surface area contributed by atoms with Crippen LogP contribution in [0.15, 0.2) is 72.8 Å². The third-order valence-corrected chi connectivity index (χ3v) is 6.02. The van der Waals surface area contributed by atoms with Gasteiger partial charge in [0.05, 0.1) is 0 Å². The Morgan fingerprint density at radius 3 is 2.17 bits per heavy atom. The van der Waals surface area contributed by atoms with Gasteiger partial charge in [0.25, 0.3) is 0 Å². The number of esters is 1. The Morgan fingerprint density at radius 1 is 0.833 bits per heavy atom. The lowest BCUT2D eigenvalue weighted by molar-refractivity contribution is -0.128. The number of rotatable bonds is 10. The summed E-state index contributed by atoms with van der Waals surface area (Å²) in [4.78, 5) is 13.0. The van der Waals surface area contributed by atoms with E-state index in [0.717, 1.165) is 29.7 Å². The summed E-state index contributed by atoms with van der Waals surface area (Å²) in [7, 11) is 0. The lowest BCUT2D eigenvalue weighted by Crippen LogP contribution is -2.02. The molecule has 0 saturated carbocycles. The van der Waals surface area contributed by atoms with Crippen LogP contribution in [-0.4, -0.2) is 5.97 Å². The molecule has 0 aliphatic rings. The molecule has 0 unspecified atom stereocenters. The van der Waals surface area contributed by atoms with E-state index in [2.05, 4.69) is 62.4 Å². The molecule has 0 N–H and O–H groups in total. The molecule has 0 saturated heterocycles. The first-order valence-corrected chi connectivity index (χ1v) is 11.7. The average molecular weight is 419 g/mol. The lowest BCUT2D eigenvalue weighted by Gasteiger charge is -2.05. The molecule has 3 heteroatoms. The van der Waals surface area contributed by atoms with Crippen LogP contribution in [0.1, 0.15) is 51.5 Å². The monoisotopic (exact) mass is 418 g/mol. The normalized spacial score (nSPS) is 11.1. The first kappa shape index (κ1) is 22.0. The van der Waals surface area contributed by atoms with Crippen LogP contribution in [0, 0.1) is 0 Å². The van der Waals surface area contributed by atoms with E-state index in [-0.39, 0.29) is 5.97 Å². The number of ether oxygens (including phenoxy) is 1. The number of carbonyl (C=O) groups is 1. The number of thiophene rings is 1. The maximum absolute atomic E-state index is 12.0. The van der Waals surface area contributed by atoms with Crippen molar-refractivity contribution in [3.8, 4) is 26.6 Å². The highest BCUT2D eigenvalue weighted by molar-refractivity contribution is 7.17. The van der Waals surface area contributed by atoms with Gasteiger partial charge < -0.3 is 4.74 Å². The van der Waals surface area contributed by atoms with Gasteiger partial charge in [0.15, 0.2) is 5.06 Å². The van der Waals surface area contributed by atoms with Crippen LogP contribution in [-0.2, 0) is 11.2 Å². The van der Waals surface area contributed by atoms with Gasteiger partial charge in [-0.3, -0.25) is 0 Å². The highest BCUT2D eigenvalue weighted by Gasteiger charge is 2.07. The second kappa shape index (κ2) is 11.5. The van der Waals surface area contributed by atoms with Gasteiger partial charge in [-0.2, -0.15) is 0 Å². The molecular formula is C27H30O2S. The van der Waals surface area contributed by atoms with E-state index in [1.165, 1.54) is 53.4 Å². The van der Waals surface area contributed by atoms with Crippen LogP contribution in [0.25, 0.3) is 21.6 Å². The van der Waals surface area contributed by atoms with Crippen LogP contribution >= 0.6 is 11.3 Å². The summed E-state index contributed by atoms with van der Waals surface area (Å²) >= 11 is 1.49. The molecule has 1 aromatic heterocycles. The second-order valence-corrected chi connectivity index (χ2v) is 8.51. The first-order valence-electron chi connectivity index (χ1n) is 10.9. The molecule has 156 valence electrons. The topological polar surface area (TPSA) is 26.3 Å². The van der Waals surface area contributed by atoms with Crippen LogP contribution in [0.3, 0.4) is 0 Å². The van der Waals surface area contributed by atoms with Crippen LogP contribution < -0.4 is 4.74 Å². The summed E-state index contributed by atoms with van der Waals surface area (Å²) in [5.74, 6) is -0.304. The van der Waals surface area contributed by atoms with Crippen molar-refractivity contribution in [2.75, 3.05) is 0 Å². The fourth-order valence-corrected chi connectivity index (χ4v) is 4.20. The molecule has 0 bridgehead atoms. The lowest BCUT2D eigenvalue weighted by atomic mass is 10.0. The van der Waals surface area contributed by atoms with Crippen molar-refractivity contribution in [3.63, 3.8) is 0 Å². The van der Waals surface area contributed by atoms with Crippen molar-refractivity contribution < 1.29 is 9.53 Å². The first-order chi connectivity index (χ1) is 14.7. The molecule has 0 atom stereocenters. The largest absolute Gasteiger partial charge is 0.412 e. The number of unbranched alkanes of at least 4 members (excludes halogenated alkanes) is 3. The molecule has 0 spiro atoms. The smallest absolute Gasteiger partial charge is 0.336 e. The molecule has 0 fully saturated rings. The van der Waals surface area contributed by atoms with Gasteiger partial charge in [0.1, 0.15) is 0 Å². The summed E-state index contributed by atoms with van der Waals surface area (Å²) in [6.07, 6.45) is 10.1. The number of aryl methyl sites for hydroxylation is 1. The van der Waals surface area contributed by atoms with Crippen LogP contribution in [0.5, 0.6) is 5.06 Å². The van der Waals surface area contributed by atoms with Crippen molar-refractivity contribution in [2.45, 2.75) is 52.4 Å². The number of benzene rings is 2. The van der Waals surface area contributed by atoms with E-state index in [0.29, 0.717) is 5.06 Å². The van der Waals surface area contributed by atoms with E-state index in [1.807, 2.05) is 18.2 Å². The zero-order valence-electron chi connectivity index (χ0n) is 17.9. The summed E-state index contributed by atoms with van der Waals surface area (Å²) in [6, 6.07) is 21.2. The molecule has 0 aliphatic carbocycles. The standard InChI is InChI=1S/C27H30O2S/c1-3-5-6-7-8-10-26(28)29-27-20-19-25(30-27)24-17-15-23(16-18-24)22-13-11-21(9-4-2)12-14-22/h8,10-20H,3-7,9H2,1-2H3/b10-8+. The number of allylic oxidation sites excluding steroid dienone is 1. The van der Waals surface area contributed by atoms with Gasteiger partial charge >= 0.3 is 5.97 Å². The Morgan fingerprint density at radius 2 is 1.50 bits per heavy atom. The molecule has 0 radical (unpaired) electrons. The SMILES string of the molecule is CCCCC/C=C/C(=O)Oc1ccc(-c2ccc(-c3ccc(CCC)cc3)cc2)s1. The molecule has 2 nitrogen and oxygen atoms in total. The molecule has 0 amide bonds. The van der Waals surface area contributed by atoms with Crippen molar-refractivity contribution in [3.05, 3.63) is 78.4 Å². The zero-order valence-corrected chi connectivity index (χ0v) is 18.7. The van der Waals surface area contributed by atoms with Gasteiger partial charge in [-0.25, -0.2) is 4.79 Å². The number of hydrogen-bond acceptors (Lipinski definition) is 3. The van der Waals surface area contributed by atoms with E-state index >= 15 is 0 Å². The van der Waals surface area contributed by atoms with E-state index in [9.17, 15) is 4.79 Å². The second-order valence-electron chi connectivity index (χ2n) is 7.46.